The molecule has 0 aromatic heterocycles. The highest BCUT2D eigenvalue weighted by Crippen LogP contribution is 2.15. The van der Waals surface area contributed by atoms with Crippen molar-refractivity contribution in [2.24, 2.45) is 11.8 Å². The molecular formula is C14H32N2. The van der Waals surface area contributed by atoms with Crippen LogP contribution in [0.1, 0.15) is 48.5 Å². The van der Waals surface area contributed by atoms with Crippen molar-refractivity contribution in [1.29, 1.82) is 0 Å². The fraction of sp³-hybridized carbons (Fsp3) is 1.00. The molecule has 2 unspecified atom stereocenters. The van der Waals surface area contributed by atoms with Crippen LogP contribution in [0.15, 0.2) is 0 Å². The van der Waals surface area contributed by atoms with Crippen LogP contribution in [-0.4, -0.2) is 36.6 Å². The normalized spacial score (nSPS) is 16.1. The molecule has 0 saturated heterocycles. The lowest BCUT2D eigenvalue weighted by Gasteiger charge is -2.37. The predicted molar refractivity (Wildman–Crippen MR) is 73.8 cm³/mol. The number of nitrogens with zero attached hydrogens (tertiary/aromatic N) is 1. The number of rotatable bonds is 8. The summed E-state index contributed by atoms with van der Waals surface area (Å²) < 4.78 is 0. The van der Waals surface area contributed by atoms with Crippen LogP contribution < -0.4 is 5.32 Å². The Hall–Kier alpha value is -0.0800. The summed E-state index contributed by atoms with van der Waals surface area (Å²) in [5.74, 6) is 1.46. The van der Waals surface area contributed by atoms with E-state index >= 15 is 0 Å². The van der Waals surface area contributed by atoms with E-state index in [1.54, 1.807) is 0 Å². The zero-order valence-electron chi connectivity index (χ0n) is 12.4. The molecule has 2 atom stereocenters. The van der Waals surface area contributed by atoms with Crippen molar-refractivity contribution < 1.29 is 0 Å². The number of hydrogen-bond acceptors (Lipinski definition) is 2. The topological polar surface area (TPSA) is 15.3 Å². The maximum absolute atomic E-state index is 3.45. The van der Waals surface area contributed by atoms with Crippen molar-refractivity contribution in [2.75, 3.05) is 19.6 Å². The Kier molecular flexibility index (Phi) is 8.04. The number of hydrogen-bond donors (Lipinski definition) is 1. The first-order valence-corrected chi connectivity index (χ1v) is 6.86. The fourth-order valence-electron chi connectivity index (χ4n) is 2.14. The summed E-state index contributed by atoms with van der Waals surface area (Å²) in [5, 5.41) is 3.45. The van der Waals surface area contributed by atoms with Crippen LogP contribution in [0.5, 0.6) is 0 Å². The van der Waals surface area contributed by atoms with Gasteiger partial charge in [0.15, 0.2) is 0 Å². The molecule has 0 fully saturated rings. The second kappa shape index (κ2) is 8.08. The average molecular weight is 228 g/mol. The van der Waals surface area contributed by atoms with E-state index in [0.29, 0.717) is 18.0 Å². The summed E-state index contributed by atoms with van der Waals surface area (Å²) in [4.78, 5) is 2.63. The van der Waals surface area contributed by atoms with E-state index in [0.717, 1.165) is 19.0 Å². The second-order valence-corrected chi connectivity index (χ2v) is 5.71. The van der Waals surface area contributed by atoms with E-state index in [1.807, 2.05) is 0 Å². The molecule has 0 heterocycles. The van der Waals surface area contributed by atoms with Crippen molar-refractivity contribution in [3.05, 3.63) is 0 Å². The van der Waals surface area contributed by atoms with Crippen molar-refractivity contribution in [2.45, 2.75) is 60.5 Å². The van der Waals surface area contributed by atoms with Gasteiger partial charge in [0.1, 0.15) is 0 Å². The minimum Gasteiger partial charge on any atom is -0.317 e. The third-order valence-corrected chi connectivity index (χ3v) is 3.30. The Labute approximate surface area is 103 Å². The van der Waals surface area contributed by atoms with Crippen LogP contribution in [0.25, 0.3) is 0 Å². The lowest BCUT2D eigenvalue weighted by molar-refractivity contribution is 0.108. The molecule has 0 spiro atoms. The van der Waals surface area contributed by atoms with Crippen LogP contribution in [0, 0.1) is 11.8 Å². The van der Waals surface area contributed by atoms with E-state index in [4.69, 9.17) is 0 Å². The highest BCUT2D eigenvalue weighted by atomic mass is 15.2. The first kappa shape index (κ1) is 15.9. The quantitative estimate of drug-likeness (QED) is 0.687. The fourth-order valence-corrected chi connectivity index (χ4v) is 2.14. The van der Waals surface area contributed by atoms with Gasteiger partial charge in [0.05, 0.1) is 0 Å². The lowest BCUT2D eigenvalue weighted by atomic mass is 9.99. The lowest BCUT2D eigenvalue weighted by Crippen LogP contribution is -2.46. The Bertz CT molecular complexity index is 166. The van der Waals surface area contributed by atoms with Crippen LogP contribution in [0.3, 0.4) is 0 Å². The molecule has 0 bridgehead atoms. The smallest absolute Gasteiger partial charge is 0.0107 e. The molecule has 0 aliphatic heterocycles. The molecule has 16 heavy (non-hydrogen) atoms. The minimum absolute atomic E-state index is 0.640. The predicted octanol–water partition coefficient (Wildman–Crippen LogP) is 2.99. The van der Waals surface area contributed by atoms with Crippen LogP contribution in [0.4, 0.5) is 0 Å². The van der Waals surface area contributed by atoms with Gasteiger partial charge in [-0.15, -0.1) is 0 Å². The molecule has 0 rings (SSSR count). The van der Waals surface area contributed by atoms with Crippen molar-refractivity contribution in [3.8, 4) is 0 Å². The first-order valence-electron chi connectivity index (χ1n) is 6.86. The Morgan fingerprint density at radius 2 is 1.56 bits per heavy atom. The highest BCUT2D eigenvalue weighted by Gasteiger charge is 2.22. The maximum atomic E-state index is 3.45. The zero-order valence-corrected chi connectivity index (χ0v) is 12.4. The van der Waals surface area contributed by atoms with Gasteiger partial charge in [0.2, 0.25) is 0 Å². The first-order chi connectivity index (χ1) is 7.40. The molecule has 1 N–H and O–H groups in total. The van der Waals surface area contributed by atoms with Gasteiger partial charge in [0, 0.05) is 18.6 Å². The molecule has 0 aromatic carbocycles. The van der Waals surface area contributed by atoms with E-state index in [1.165, 1.54) is 6.54 Å². The third-order valence-electron chi connectivity index (χ3n) is 3.30. The van der Waals surface area contributed by atoms with Gasteiger partial charge in [-0.05, 0) is 45.7 Å². The van der Waals surface area contributed by atoms with Gasteiger partial charge in [-0.3, -0.25) is 4.90 Å². The summed E-state index contributed by atoms with van der Waals surface area (Å²) in [6.45, 7) is 19.5. The van der Waals surface area contributed by atoms with Gasteiger partial charge in [-0.25, -0.2) is 0 Å². The molecule has 0 radical (unpaired) electrons. The number of nitrogens with one attached hydrogen (secondary N) is 1. The van der Waals surface area contributed by atoms with Crippen LogP contribution in [-0.2, 0) is 0 Å². The van der Waals surface area contributed by atoms with Gasteiger partial charge in [-0.2, -0.15) is 0 Å². The summed E-state index contributed by atoms with van der Waals surface area (Å²) in [7, 11) is 0. The Balaban J connectivity index is 4.29. The van der Waals surface area contributed by atoms with Gasteiger partial charge >= 0.3 is 0 Å². The van der Waals surface area contributed by atoms with E-state index < -0.39 is 0 Å². The summed E-state index contributed by atoms with van der Waals surface area (Å²) in [6, 6.07) is 1.29. The minimum atomic E-state index is 0.640. The molecule has 2 heteroatoms. The van der Waals surface area contributed by atoms with Crippen LogP contribution in [0.2, 0.25) is 0 Å². The van der Waals surface area contributed by atoms with Crippen molar-refractivity contribution in [1.82, 2.24) is 10.2 Å². The summed E-state index contributed by atoms with van der Waals surface area (Å²) in [5.41, 5.74) is 0. The molecule has 0 aliphatic rings. The zero-order chi connectivity index (χ0) is 12.7. The standard InChI is InChI=1S/C14H32N2/c1-8-15-9-13(6)14(7)16(12(4)5)10-11(2)3/h11-15H,8-10H2,1-7H3. The van der Waals surface area contributed by atoms with E-state index in [9.17, 15) is 0 Å². The highest BCUT2D eigenvalue weighted by molar-refractivity contribution is 4.77. The van der Waals surface area contributed by atoms with E-state index in [-0.39, 0.29) is 0 Å². The molecular weight excluding hydrogens is 196 g/mol. The molecule has 0 saturated carbocycles. The Morgan fingerprint density at radius 3 is 1.94 bits per heavy atom. The molecule has 0 aromatic rings. The average Bonchev–Trinajstić information content (AvgIpc) is 2.20. The maximum Gasteiger partial charge on any atom is 0.0107 e. The van der Waals surface area contributed by atoms with Gasteiger partial charge in [0.25, 0.3) is 0 Å². The van der Waals surface area contributed by atoms with Gasteiger partial charge < -0.3 is 5.32 Å². The molecule has 2 nitrogen and oxygen atoms in total. The van der Waals surface area contributed by atoms with Crippen molar-refractivity contribution >= 4 is 0 Å². The van der Waals surface area contributed by atoms with E-state index in [2.05, 4.69) is 58.7 Å². The third kappa shape index (κ3) is 5.86. The SMILES string of the molecule is CCNCC(C)C(C)N(CC(C)C)C(C)C. The Morgan fingerprint density at radius 1 is 1.00 bits per heavy atom. The summed E-state index contributed by atoms with van der Waals surface area (Å²) >= 11 is 0. The summed E-state index contributed by atoms with van der Waals surface area (Å²) in [6.07, 6.45) is 0. The largest absolute Gasteiger partial charge is 0.317 e. The molecule has 98 valence electrons. The monoisotopic (exact) mass is 228 g/mol. The second-order valence-electron chi connectivity index (χ2n) is 5.71. The molecule has 0 amide bonds. The van der Waals surface area contributed by atoms with Gasteiger partial charge in [-0.1, -0.05) is 27.7 Å². The molecule has 0 aliphatic carbocycles. The van der Waals surface area contributed by atoms with Crippen molar-refractivity contribution in [3.63, 3.8) is 0 Å². The van der Waals surface area contributed by atoms with Crippen LogP contribution >= 0.6 is 0 Å².